The lowest BCUT2D eigenvalue weighted by Gasteiger charge is -2.18. The van der Waals surface area contributed by atoms with Gasteiger partial charge in [0.25, 0.3) is 0 Å². The molecule has 2 atom stereocenters. The number of amides is 1. The van der Waals surface area contributed by atoms with Gasteiger partial charge in [-0.2, -0.15) is 0 Å². The van der Waals surface area contributed by atoms with Crippen LogP contribution in [0.25, 0.3) is 11.1 Å². The Morgan fingerprint density at radius 3 is 3.00 bits per heavy atom. The van der Waals surface area contributed by atoms with E-state index < -0.39 is 5.76 Å². The van der Waals surface area contributed by atoms with Gasteiger partial charge in [0, 0.05) is 20.2 Å². The van der Waals surface area contributed by atoms with Gasteiger partial charge in [0.2, 0.25) is 5.91 Å². The van der Waals surface area contributed by atoms with Crippen LogP contribution < -0.4 is 16.4 Å². The third-order valence-electron chi connectivity index (χ3n) is 3.68. The molecule has 1 aliphatic rings. The fourth-order valence-electron chi connectivity index (χ4n) is 2.61. The molecule has 1 fully saturated rings. The molecule has 1 saturated heterocycles. The molecular weight excluding hydrogens is 310 g/mol. The highest BCUT2D eigenvalue weighted by molar-refractivity contribution is 5.85. The van der Waals surface area contributed by atoms with Crippen molar-refractivity contribution in [1.29, 1.82) is 0 Å². The van der Waals surface area contributed by atoms with Crippen molar-refractivity contribution in [3.63, 3.8) is 0 Å². The summed E-state index contributed by atoms with van der Waals surface area (Å²) in [7, 11) is 1.62. The molecule has 2 aromatic rings. The number of hydrogen-bond acceptors (Lipinski definition) is 5. The Hall–Kier alpha value is -1.83. The van der Waals surface area contributed by atoms with Gasteiger partial charge in [0.05, 0.1) is 17.7 Å². The molecule has 0 bridgehead atoms. The van der Waals surface area contributed by atoms with Crippen LogP contribution in [0.3, 0.4) is 0 Å². The molecule has 0 aliphatic carbocycles. The fraction of sp³-hybridized carbons (Fsp3) is 0.429. The van der Waals surface area contributed by atoms with Gasteiger partial charge < -0.3 is 19.8 Å². The summed E-state index contributed by atoms with van der Waals surface area (Å²) in [5.74, 6) is -0.765. The second-order valence-electron chi connectivity index (χ2n) is 5.03. The van der Waals surface area contributed by atoms with E-state index in [0.29, 0.717) is 24.2 Å². The van der Waals surface area contributed by atoms with Crippen LogP contribution in [0.4, 0.5) is 0 Å². The first-order valence-electron chi connectivity index (χ1n) is 6.80. The number of fused-ring (bicyclic) bond motifs is 1. The minimum atomic E-state index is -0.529. The van der Waals surface area contributed by atoms with Crippen LogP contribution in [0.2, 0.25) is 0 Å². The topological polar surface area (TPSA) is 85.5 Å². The summed E-state index contributed by atoms with van der Waals surface area (Å²) in [5.41, 5.74) is 1.10. The number of aromatic nitrogens is 1. The van der Waals surface area contributed by atoms with Crippen LogP contribution in [0.5, 0.6) is 0 Å². The van der Waals surface area contributed by atoms with Gasteiger partial charge in [0.15, 0.2) is 5.58 Å². The molecular formula is C14H18ClN3O4. The van der Waals surface area contributed by atoms with E-state index in [-0.39, 0.29) is 37.0 Å². The predicted octanol–water partition coefficient (Wildman–Crippen LogP) is 0.119. The van der Waals surface area contributed by atoms with Gasteiger partial charge in [-0.3, -0.25) is 9.36 Å². The monoisotopic (exact) mass is 327 g/mol. The zero-order chi connectivity index (χ0) is 14.8. The zero-order valence-corrected chi connectivity index (χ0v) is 12.9. The lowest BCUT2D eigenvalue weighted by atomic mass is 10.2. The SMILES string of the molecule is COC1CNCC1NC(=O)Cn1c(=O)oc2ccccc21.Cl. The van der Waals surface area contributed by atoms with Crippen molar-refractivity contribution in [3.05, 3.63) is 34.8 Å². The molecule has 0 spiro atoms. The maximum absolute atomic E-state index is 12.1. The summed E-state index contributed by atoms with van der Waals surface area (Å²) in [5, 5.41) is 6.03. The third-order valence-corrected chi connectivity index (χ3v) is 3.68. The lowest BCUT2D eigenvalue weighted by Crippen LogP contribution is -2.45. The number of halogens is 1. The quantitative estimate of drug-likeness (QED) is 0.833. The molecule has 7 nitrogen and oxygen atoms in total. The molecule has 1 aromatic heterocycles. The molecule has 120 valence electrons. The van der Waals surface area contributed by atoms with Gasteiger partial charge >= 0.3 is 5.76 Å². The highest BCUT2D eigenvalue weighted by Crippen LogP contribution is 2.11. The first-order chi connectivity index (χ1) is 10.2. The molecule has 22 heavy (non-hydrogen) atoms. The molecule has 2 unspecified atom stereocenters. The standard InChI is InChI=1S/C14H17N3O4.ClH/c1-20-12-7-15-6-9(12)16-13(18)8-17-10-4-2-3-5-11(10)21-14(17)19;/h2-5,9,12,15H,6-8H2,1H3,(H,16,18);1H. The second-order valence-corrected chi connectivity index (χ2v) is 5.03. The van der Waals surface area contributed by atoms with Gasteiger partial charge in [-0.1, -0.05) is 12.1 Å². The number of ether oxygens (including phenoxy) is 1. The summed E-state index contributed by atoms with van der Waals surface area (Å²) >= 11 is 0. The van der Waals surface area contributed by atoms with Crippen LogP contribution in [-0.4, -0.2) is 42.8 Å². The Kier molecular flexibility index (Phi) is 5.23. The van der Waals surface area contributed by atoms with Crippen molar-refractivity contribution in [2.45, 2.75) is 18.7 Å². The van der Waals surface area contributed by atoms with Crippen LogP contribution in [0, 0.1) is 0 Å². The van der Waals surface area contributed by atoms with Crippen molar-refractivity contribution in [2.75, 3.05) is 20.2 Å². The van der Waals surface area contributed by atoms with Gasteiger partial charge in [-0.05, 0) is 12.1 Å². The molecule has 2 heterocycles. The highest BCUT2D eigenvalue weighted by Gasteiger charge is 2.28. The Balaban J connectivity index is 0.00000176. The fourth-order valence-corrected chi connectivity index (χ4v) is 2.61. The van der Waals surface area contributed by atoms with E-state index in [2.05, 4.69) is 10.6 Å². The van der Waals surface area contributed by atoms with E-state index in [1.54, 1.807) is 31.4 Å². The number of nitrogens with one attached hydrogen (secondary N) is 2. The Morgan fingerprint density at radius 2 is 2.23 bits per heavy atom. The van der Waals surface area contributed by atoms with Gasteiger partial charge in [0.1, 0.15) is 6.54 Å². The molecule has 0 radical (unpaired) electrons. The van der Waals surface area contributed by atoms with E-state index in [4.69, 9.17) is 9.15 Å². The number of methoxy groups -OCH3 is 1. The maximum Gasteiger partial charge on any atom is 0.420 e. The zero-order valence-electron chi connectivity index (χ0n) is 12.1. The number of hydrogen-bond donors (Lipinski definition) is 2. The number of para-hydroxylation sites is 2. The average molecular weight is 328 g/mol. The number of oxazole rings is 1. The van der Waals surface area contributed by atoms with Crippen molar-refractivity contribution >= 4 is 29.4 Å². The molecule has 1 aromatic carbocycles. The smallest absolute Gasteiger partial charge is 0.408 e. The Morgan fingerprint density at radius 1 is 1.45 bits per heavy atom. The Labute approximate surface area is 133 Å². The predicted molar refractivity (Wildman–Crippen MR) is 83.3 cm³/mol. The first-order valence-corrected chi connectivity index (χ1v) is 6.80. The average Bonchev–Trinajstić information content (AvgIpc) is 3.04. The molecule has 8 heteroatoms. The Bertz CT molecular complexity index is 711. The first kappa shape index (κ1) is 16.5. The number of nitrogens with zero attached hydrogens (tertiary/aromatic N) is 1. The largest absolute Gasteiger partial charge is 0.420 e. The van der Waals surface area contributed by atoms with Crippen LogP contribution in [0.1, 0.15) is 0 Å². The third kappa shape index (κ3) is 3.16. The second kappa shape index (κ2) is 6.95. The minimum Gasteiger partial charge on any atom is -0.408 e. The molecule has 1 aliphatic heterocycles. The molecule has 0 saturated carbocycles. The van der Waals surface area contributed by atoms with Crippen molar-refractivity contribution in [3.8, 4) is 0 Å². The number of carbonyl (C=O) groups is 1. The summed E-state index contributed by atoms with van der Waals surface area (Å²) in [6.45, 7) is 1.30. The molecule has 1 amide bonds. The van der Waals surface area contributed by atoms with Crippen molar-refractivity contribution < 1.29 is 13.9 Å². The number of benzene rings is 1. The highest BCUT2D eigenvalue weighted by atomic mass is 35.5. The summed E-state index contributed by atoms with van der Waals surface area (Å²) < 4.78 is 11.7. The summed E-state index contributed by atoms with van der Waals surface area (Å²) in [4.78, 5) is 23.9. The van der Waals surface area contributed by atoms with Crippen LogP contribution in [-0.2, 0) is 16.1 Å². The number of rotatable bonds is 4. The maximum atomic E-state index is 12.1. The van der Waals surface area contributed by atoms with E-state index in [1.165, 1.54) is 4.57 Å². The van der Waals surface area contributed by atoms with Gasteiger partial charge in [-0.25, -0.2) is 4.79 Å². The van der Waals surface area contributed by atoms with Gasteiger partial charge in [-0.15, -0.1) is 12.4 Å². The van der Waals surface area contributed by atoms with E-state index >= 15 is 0 Å². The molecule has 2 N–H and O–H groups in total. The van der Waals surface area contributed by atoms with E-state index in [0.717, 1.165) is 0 Å². The normalized spacial score (nSPS) is 20.8. The van der Waals surface area contributed by atoms with E-state index in [9.17, 15) is 9.59 Å². The minimum absolute atomic E-state index is 0. The lowest BCUT2D eigenvalue weighted by molar-refractivity contribution is -0.123. The van der Waals surface area contributed by atoms with Crippen LogP contribution in [0.15, 0.2) is 33.5 Å². The number of carbonyl (C=O) groups excluding carboxylic acids is 1. The van der Waals surface area contributed by atoms with Crippen molar-refractivity contribution in [1.82, 2.24) is 15.2 Å². The van der Waals surface area contributed by atoms with Crippen molar-refractivity contribution in [2.24, 2.45) is 0 Å². The molecule has 3 rings (SSSR count). The summed E-state index contributed by atoms with van der Waals surface area (Å²) in [6, 6.07) is 6.95. The summed E-state index contributed by atoms with van der Waals surface area (Å²) in [6.07, 6.45) is -0.0493. The van der Waals surface area contributed by atoms with E-state index in [1.807, 2.05) is 0 Å². The van der Waals surface area contributed by atoms with Crippen LogP contribution >= 0.6 is 12.4 Å².